The van der Waals surface area contributed by atoms with E-state index in [1.165, 1.54) is 22.3 Å². The van der Waals surface area contributed by atoms with E-state index in [-0.39, 0.29) is 6.09 Å². The number of allylic oxidation sites excluding steroid dienone is 1. The zero-order valence-electron chi connectivity index (χ0n) is 15.5. The number of rotatable bonds is 4. The number of carbonyl (C=O) groups excluding carboxylic acids is 1. The molecule has 0 aromatic heterocycles. The van der Waals surface area contributed by atoms with Gasteiger partial charge < -0.3 is 4.74 Å². The number of fused-ring (bicyclic) bond motifs is 1. The minimum Gasteiger partial charge on any atom is -0.435 e. The summed E-state index contributed by atoms with van der Waals surface area (Å²) in [6, 6.07) is 16.8. The fraction of sp³-hybridized carbons (Fsp3) is 0.348. The minimum absolute atomic E-state index is 0.196. The van der Waals surface area contributed by atoms with Crippen molar-refractivity contribution in [3.63, 3.8) is 0 Å². The molecule has 2 heterocycles. The summed E-state index contributed by atoms with van der Waals surface area (Å²) in [5, 5.41) is 0. The van der Waals surface area contributed by atoms with Crippen molar-refractivity contribution in [3.05, 3.63) is 82.6 Å². The number of nitrogens with zero attached hydrogens (tertiary/aromatic N) is 1. The van der Waals surface area contributed by atoms with E-state index in [4.69, 9.17) is 4.74 Å². The van der Waals surface area contributed by atoms with Gasteiger partial charge in [0.05, 0.1) is 5.70 Å². The normalized spacial score (nSPS) is 18.3. The lowest BCUT2D eigenvalue weighted by molar-refractivity contribution is 0.0685. The van der Waals surface area contributed by atoms with E-state index in [1.54, 1.807) is 0 Å². The quantitative estimate of drug-likeness (QED) is 0.782. The van der Waals surface area contributed by atoms with Crippen LogP contribution in [0.25, 0.3) is 0 Å². The Balaban J connectivity index is 1.79. The van der Waals surface area contributed by atoms with Crippen molar-refractivity contribution in [1.82, 2.24) is 4.90 Å². The first-order valence-electron chi connectivity index (χ1n) is 9.39. The third-order valence-corrected chi connectivity index (χ3v) is 5.66. The summed E-state index contributed by atoms with van der Waals surface area (Å²) in [5.41, 5.74) is 5.39. The van der Waals surface area contributed by atoms with Gasteiger partial charge in [0.25, 0.3) is 0 Å². The van der Waals surface area contributed by atoms with Crippen LogP contribution in [-0.2, 0) is 17.6 Å². The van der Waals surface area contributed by atoms with Crippen LogP contribution in [0.3, 0.4) is 0 Å². The minimum atomic E-state index is -0.615. The van der Waals surface area contributed by atoms with Gasteiger partial charge in [-0.25, -0.2) is 4.79 Å². The van der Waals surface area contributed by atoms with E-state index in [9.17, 15) is 4.79 Å². The molecule has 1 saturated heterocycles. The number of amides is 1. The van der Waals surface area contributed by atoms with Gasteiger partial charge in [0, 0.05) is 19.4 Å². The maximum Gasteiger partial charge on any atom is 0.415 e. The van der Waals surface area contributed by atoms with Crippen molar-refractivity contribution in [1.29, 1.82) is 0 Å². The first kappa shape index (κ1) is 16.9. The number of cyclic esters (lactones) is 1. The van der Waals surface area contributed by atoms with Crippen molar-refractivity contribution >= 4 is 6.09 Å². The Morgan fingerprint density at radius 2 is 1.54 bits per heavy atom. The molecule has 2 aromatic rings. The Labute approximate surface area is 155 Å². The largest absolute Gasteiger partial charge is 0.435 e. The molecule has 0 bridgehead atoms. The van der Waals surface area contributed by atoms with Crippen molar-refractivity contribution in [3.8, 4) is 0 Å². The number of benzene rings is 2. The van der Waals surface area contributed by atoms with Crippen LogP contribution in [-0.4, -0.2) is 23.1 Å². The van der Waals surface area contributed by atoms with Gasteiger partial charge in [0.15, 0.2) is 5.60 Å². The van der Waals surface area contributed by atoms with Gasteiger partial charge >= 0.3 is 6.09 Å². The van der Waals surface area contributed by atoms with E-state index in [0.717, 1.165) is 25.1 Å². The van der Waals surface area contributed by atoms with Gasteiger partial charge in [0.1, 0.15) is 0 Å². The first-order chi connectivity index (χ1) is 12.6. The lowest BCUT2D eigenvalue weighted by atomic mass is 9.82. The van der Waals surface area contributed by atoms with Gasteiger partial charge in [-0.2, -0.15) is 0 Å². The number of hydrogen-bond acceptors (Lipinski definition) is 2. The average Bonchev–Trinajstić information content (AvgIpc) is 2.92. The summed E-state index contributed by atoms with van der Waals surface area (Å²) in [6.45, 7) is 5.01. The van der Waals surface area contributed by atoms with Crippen LogP contribution in [0.5, 0.6) is 0 Å². The standard InChI is InChI=1S/C23H25NO2/c1-17-9-3-5-11-19(17)15-23(16-20-12-6-4-10-18(20)2)21-13-7-8-14-24(21)22(25)26-23/h3-6,9-13H,7-8,14-16H2,1-2H3. The van der Waals surface area contributed by atoms with E-state index in [0.29, 0.717) is 12.8 Å². The van der Waals surface area contributed by atoms with Crippen molar-refractivity contribution in [2.45, 2.75) is 45.1 Å². The Kier molecular flexibility index (Phi) is 4.31. The van der Waals surface area contributed by atoms with E-state index < -0.39 is 5.60 Å². The lowest BCUT2D eigenvalue weighted by Gasteiger charge is -2.32. The fourth-order valence-corrected chi connectivity index (χ4v) is 4.16. The maximum absolute atomic E-state index is 12.6. The molecule has 1 amide bonds. The van der Waals surface area contributed by atoms with Crippen LogP contribution in [0, 0.1) is 13.8 Å². The molecular weight excluding hydrogens is 322 g/mol. The fourth-order valence-electron chi connectivity index (χ4n) is 4.16. The van der Waals surface area contributed by atoms with Crippen LogP contribution in [0.4, 0.5) is 4.79 Å². The monoisotopic (exact) mass is 347 g/mol. The summed E-state index contributed by atoms with van der Waals surface area (Å²) in [5.74, 6) is 0. The number of hydrogen-bond donors (Lipinski definition) is 0. The van der Waals surface area contributed by atoms with Crippen LogP contribution >= 0.6 is 0 Å². The van der Waals surface area contributed by atoms with E-state index in [1.807, 2.05) is 4.90 Å². The van der Waals surface area contributed by atoms with Gasteiger partial charge in [-0.3, -0.25) is 4.90 Å². The highest BCUT2D eigenvalue weighted by Gasteiger charge is 2.50. The summed E-state index contributed by atoms with van der Waals surface area (Å²) in [7, 11) is 0. The van der Waals surface area contributed by atoms with Crippen molar-refractivity contribution in [2.75, 3.05) is 6.54 Å². The zero-order chi connectivity index (χ0) is 18.1. The molecule has 2 aliphatic rings. The first-order valence-corrected chi connectivity index (χ1v) is 9.39. The second kappa shape index (κ2) is 6.64. The Morgan fingerprint density at radius 1 is 0.962 bits per heavy atom. The van der Waals surface area contributed by atoms with E-state index >= 15 is 0 Å². The van der Waals surface area contributed by atoms with Gasteiger partial charge in [-0.05, 0) is 48.9 Å². The second-order valence-electron chi connectivity index (χ2n) is 7.45. The number of aryl methyl sites for hydroxylation is 2. The van der Waals surface area contributed by atoms with Gasteiger partial charge in [0.2, 0.25) is 0 Å². The molecule has 2 aromatic carbocycles. The molecule has 0 atom stereocenters. The van der Waals surface area contributed by atoms with Crippen LogP contribution < -0.4 is 0 Å². The third kappa shape index (κ3) is 2.92. The molecule has 3 heteroatoms. The summed E-state index contributed by atoms with van der Waals surface area (Å²) in [6.07, 6.45) is 5.45. The Morgan fingerprint density at radius 3 is 2.12 bits per heavy atom. The van der Waals surface area contributed by atoms with Gasteiger partial charge in [-0.1, -0.05) is 54.6 Å². The zero-order valence-corrected chi connectivity index (χ0v) is 15.5. The molecule has 0 N–H and O–H groups in total. The summed E-state index contributed by atoms with van der Waals surface area (Å²) in [4.78, 5) is 14.5. The number of carbonyl (C=O) groups is 1. The molecule has 0 spiro atoms. The highest BCUT2D eigenvalue weighted by Crippen LogP contribution is 2.42. The van der Waals surface area contributed by atoms with Crippen molar-refractivity contribution in [2.24, 2.45) is 0 Å². The molecule has 0 aliphatic carbocycles. The molecular formula is C23H25NO2. The lowest BCUT2D eigenvalue weighted by Crippen LogP contribution is -2.39. The predicted molar refractivity (Wildman–Crippen MR) is 103 cm³/mol. The summed E-state index contributed by atoms with van der Waals surface area (Å²) >= 11 is 0. The third-order valence-electron chi connectivity index (χ3n) is 5.66. The molecule has 2 aliphatic heterocycles. The highest BCUT2D eigenvalue weighted by molar-refractivity contribution is 5.75. The molecule has 26 heavy (non-hydrogen) atoms. The van der Waals surface area contributed by atoms with Crippen LogP contribution in [0.2, 0.25) is 0 Å². The van der Waals surface area contributed by atoms with Crippen LogP contribution in [0.15, 0.2) is 60.3 Å². The highest BCUT2D eigenvalue weighted by atomic mass is 16.6. The molecule has 4 rings (SSSR count). The molecule has 0 saturated carbocycles. The Hall–Kier alpha value is -2.55. The molecule has 0 radical (unpaired) electrons. The summed E-state index contributed by atoms with van der Waals surface area (Å²) < 4.78 is 6.13. The Bertz CT molecular complexity index is 821. The van der Waals surface area contributed by atoms with Gasteiger partial charge in [-0.15, -0.1) is 0 Å². The molecule has 1 fully saturated rings. The van der Waals surface area contributed by atoms with Crippen LogP contribution in [0.1, 0.15) is 35.1 Å². The van der Waals surface area contributed by atoms with E-state index in [2.05, 4.69) is 68.5 Å². The average molecular weight is 347 g/mol. The predicted octanol–water partition coefficient (Wildman–Crippen LogP) is 4.96. The van der Waals surface area contributed by atoms with Crippen molar-refractivity contribution < 1.29 is 9.53 Å². The molecule has 3 nitrogen and oxygen atoms in total. The topological polar surface area (TPSA) is 29.5 Å². The maximum atomic E-state index is 12.6. The number of ether oxygens (including phenoxy) is 1. The molecule has 134 valence electrons. The SMILES string of the molecule is Cc1ccccc1CC1(Cc2ccccc2C)OC(=O)N2CCCC=C21. The molecule has 0 unspecified atom stereocenters. The second-order valence-corrected chi connectivity index (χ2v) is 7.45. The smallest absolute Gasteiger partial charge is 0.415 e.